The molecule has 0 spiro atoms. The SMILES string of the molecule is CC(C)(C)c1cc2nc(c1)-n1c3ccccc3c3ccc(cc31)Oc1cccc(c1)-n1[c-][n+]3c4c(cccc41)-c1ccccc1-c1ccccc1B3N2c1ccccc1. The van der Waals surface area contributed by atoms with Gasteiger partial charge in [0.1, 0.15) is 23.1 Å². The predicted molar refractivity (Wildman–Crippen MR) is 240 cm³/mol. The molecule has 0 N–H and O–H groups in total. The Bertz CT molecular complexity index is 3320. The second-order valence-corrected chi connectivity index (χ2v) is 16.6. The number of rotatable bonds is 1. The van der Waals surface area contributed by atoms with Gasteiger partial charge in [0.05, 0.1) is 27.8 Å². The summed E-state index contributed by atoms with van der Waals surface area (Å²) in [5.41, 5.74) is 13.0. The monoisotopic (exact) mass is 759 g/mol. The van der Waals surface area contributed by atoms with Crippen LogP contribution in [0.2, 0.25) is 0 Å². The van der Waals surface area contributed by atoms with Crippen LogP contribution < -0.4 is 19.5 Å². The van der Waals surface area contributed by atoms with Crippen molar-refractivity contribution >= 4 is 56.8 Å². The molecule has 2 aliphatic heterocycles. The van der Waals surface area contributed by atoms with E-state index in [-0.39, 0.29) is 5.41 Å². The fourth-order valence-electron chi connectivity index (χ4n) is 9.32. The van der Waals surface area contributed by atoms with Crippen LogP contribution in [0.25, 0.3) is 66.6 Å². The number of pyridine rings is 1. The first-order valence-electron chi connectivity index (χ1n) is 20.2. The van der Waals surface area contributed by atoms with Gasteiger partial charge in [0.2, 0.25) is 6.33 Å². The number of aromatic nitrogens is 4. The van der Waals surface area contributed by atoms with Crippen molar-refractivity contribution < 1.29 is 9.21 Å². The van der Waals surface area contributed by atoms with Gasteiger partial charge in [-0.2, -0.15) is 0 Å². The second-order valence-electron chi connectivity index (χ2n) is 16.6. The zero-order chi connectivity index (χ0) is 39.4. The third kappa shape index (κ3) is 5.14. The summed E-state index contributed by atoms with van der Waals surface area (Å²) >= 11 is 0. The van der Waals surface area contributed by atoms with E-state index in [1.807, 2.05) is 6.07 Å². The Hall–Kier alpha value is -7.38. The molecule has 7 heteroatoms. The number of imidazole rings is 1. The molecule has 3 aromatic heterocycles. The quantitative estimate of drug-likeness (QED) is 0.124. The van der Waals surface area contributed by atoms with Crippen LogP contribution in [0.5, 0.6) is 11.5 Å². The summed E-state index contributed by atoms with van der Waals surface area (Å²) < 4.78 is 13.6. The molecular formula is C52H38BN5O. The Morgan fingerprint density at radius 3 is 2.03 bits per heavy atom. The molecule has 10 aromatic rings. The zero-order valence-corrected chi connectivity index (χ0v) is 33.0. The number of ether oxygens (including phenoxy) is 1. The first kappa shape index (κ1) is 33.7. The first-order chi connectivity index (χ1) is 28.9. The van der Waals surface area contributed by atoms with Gasteiger partial charge in [0.25, 0.3) is 0 Å². The lowest BCUT2D eigenvalue weighted by Gasteiger charge is -2.33. The molecule has 7 aromatic carbocycles. The summed E-state index contributed by atoms with van der Waals surface area (Å²) in [4.78, 5) is 8.19. The molecule has 5 heterocycles. The Balaban J connectivity index is 1.29. The van der Waals surface area contributed by atoms with Gasteiger partial charge in [-0.1, -0.05) is 136 Å². The van der Waals surface area contributed by atoms with Gasteiger partial charge >= 0.3 is 6.98 Å². The van der Waals surface area contributed by atoms with Crippen LogP contribution in [-0.2, 0) is 5.41 Å². The van der Waals surface area contributed by atoms with Crippen molar-refractivity contribution in [1.82, 2.24) is 14.1 Å². The van der Waals surface area contributed by atoms with Crippen molar-refractivity contribution in [2.24, 2.45) is 0 Å². The van der Waals surface area contributed by atoms with Gasteiger partial charge in [-0.05, 0) is 87.8 Å². The Morgan fingerprint density at radius 1 is 0.542 bits per heavy atom. The van der Waals surface area contributed by atoms with Crippen LogP contribution in [0.3, 0.4) is 0 Å². The third-order valence-corrected chi connectivity index (χ3v) is 12.1. The molecule has 280 valence electrons. The summed E-state index contributed by atoms with van der Waals surface area (Å²) in [6.07, 6.45) is 3.96. The van der Waals surface area contributed by atoms with Gasteiger partial charge in [-0.25, -0.2) is 4.98 Å². The number of hydrogen-bond donors (Lipinski definition) is 0. The van der Waals surface area contributed by atoms with E-state index < -0.39 is 6.98 Å². The molecule has 59 heavy (non-hydrogen) atoms. The second kappa shape index (κ2) is 12.6. The number of para-hydroxylation sites is 3. The lowest BCUT2D eigenvalue weighted by Crippen LogP contribution is -2.68. The Kier molecular flexibility index (Phi) is 7.18. The highest BCUT2D eigenvalue weighted by molar-refractivity contribution is 6.72. The van der Waals surface area contributed by atoms with E-state index in [0.717, 1.165) is 83.9 Å². The van der Waals surface area contributed by atoms with E-state index in [4.69, 9.17) is 9.72 Å². The molecule has 12 rings (SSSR count). The minimum absolute atomic E-state index is 0.203. The largest absolute Gasteiger partial charge is 0.525 e. The molecule has 0 atom stereocenters. The molecule has 0 aliphatic carbocycles. The third-order valence-electron chi connectivity index (χ3n) is 12.1. The molecule has 0 saturated carbocycles. The van der Waals surface area contributed by atoms with E-state index in [1.165, 1.54) is 16.7 Å². The topological polar surface area (TPSA) is 39.1 Å². The van der Waals surface area contributed by atoms with E-state index in [2.05, 4.69) is 215 Å². The van der Waals surface area contributed by atoms with Crippen molar-refractivity contribution in [3.8, 4) is 45.3 Å². The van der Waals surface area contributed by atoms with Crippen LogP contribution in [0.4, 0.5) is 11.5 Å². The molecule has 6 nitrogen and oxygen atoms in total. The van der Waals surface area contributed by atoms with E-state index in [9.17, 15) is 0 Å². The Morgan fingerprint density at radius 2 is 1.19 bits per heavy atom. The van der Waals surface area contributed by atoms with Crippen LogP contribution in [0.15, 0.2) is 176 Å². The normalized spacial score (nSPS) is 13.1. The summed E-state index contributed by atoms with van der Waals surface area (Å²) in [7, 11) is 0. The minimum atomic E-state index is -0.417. The lowest BCUT2D eigenvalue weighted by atomic mass is 9.61. The van der Waals surface area contributed by atoms with Gasteiger partial charge in [0, 0.05) is 28.0 Å². The molecule has 0 saturated heterocycles. The average molecular weight is 760 g/mol. The zero-order valence-electron chi connectivity index (χ0n) is 33.0. The number of benzene rings is 7. The highest BCUT2D eigenvalue weighted by Crippen LogP contribution is 2.41. The van der Waals surface area contributed by atoms with Crippen molar-refractivity contribution in [2.45, 2.75) is 26.2 Å². The molecule has 0 unspecified atom stereocenters. The smallest absolute Gasteiger partial charge is 0.458 e. The van der Waals surface area contributed by atoms with Crippen LogP contribution in [-0.4, -0.2) is 21.1 Å². The van der Waals surface area contributed by atoms with Crippen LogP contribution >= 0.6 is 0 Å². The van der Waals surface area contributed by atoms with Gasteiger partial charge in [0.15, 0.2) is 0 Å². The molecule has 0 amide bonds. The standard InChI is InChI=1S/C52H38BN5O/c1-52(2,3)34-29-49-54-50(30-34)58(35-15-5-4-6-16-35)53-45-24-11-9-21-41(45)39-19-7-8-20-40(39)44-23-14-26-47-51(44)56(53)33-55(47)36-17-13-18-37(31-36)59-38-27-28-43-42-22-10-12-25-46(42)57(49)48(43)32-38/h4-32H,1-3H3. The van der Waals surface area contributed by atoms with E-state index in [0.29, 0.717) is 0 Å². The van der Waals surface area contributed by atoms with Crippen molar-refractivity contribution in [3.05, 3.63) is 188 Å². The fourth-order valence-corrected chi connectivity index (χ4v) is 9.32. The van der Waals surface area contributed by atoms with Gasteiger partial charge < -0.3 is 18.6 Å². The molecule has 8 bridgehead atoms. The Labute approximate surface area is 342 Å². The molecule has 0 radical (unpaired) electrons. The summed E-state index contributed by atoms with van der Waals surface area (Å²) in [5, 5.41) is 2.30. The van der Waals surface area contributed by atoms with Crippen molar-refractivity contribution in [1.29, 1.82) is 0 Å². The van der Waals surface area contributed by atoms with E-state index >= 15 is 0 Å². The summed E-state index contributed by atoms with van der Waals surface area (Å²) in [5.74, 6) is 3.17. The lowest BCUT2D eigenvalue weighted by molar-refractivity contribution is -0.511. The fraction of sp³-hybridized carbons (Fsp3) is 0.0769. The van der Waals surface area contributed by atoms with Crippen LogP contribution in [0, 0.1) is 6.33 Å². The number of anilines is 2. The van der Waals surface area contributed by atoms with Gasteiger partial charge in [-0.3, -0.25) is 4.57 Å². The van der Waals surface area contributed by atoms with Crippen LogP contribution in [0.1, 0.15) is 26.3 Å². The molecule has 2 aliphatic rings. The van der Waals surface area contributed by atoms with Crippen molar-refractivity contribution in [2.75, 3.05) is 4.81 Å². The summed E-state index contributed by atoms with van der Waals surface area (Å²) in [6, 6.07) is 62.9. The predicted octanol–water partition coefficient (Wildman–Crippen LogP) is 11.3. The maximum Gasteiger partial charge on any atom is 0.525 e. The number of fused-ring (bicyclic) bond motifs is 17. The highest BCUT2D eigenvalue weighted by atomic mass is 16.5. The maximum absolute atomic E-state index is 6.76. The highest BCUT2D eigenvalue weighted by Gasteiger charge is 2.41. The first-order valence-corrected chi connectivity index (χ1v) is 20.2. The minimum Gasteiger partial charge on any atom is -0.458 e. The van der Waals surface area contributed by atoms with Gasteiger partial charge in [-0.15, -0.1) is 0 Å². The molecule has 0 fully saturated rings. The number of hydrogen-bond acceptors (Lipinski definition) is 3. The van der Waals surface area contributed by atoms with E-state index in [1.54, 1.807) is 0 Å². The summed E-state index contributed by atoms with van der Waals surface area (Å²) in [6.45, 7) is 6.43. The maximum atomic E-state index is 6.76. The molecular weight excluding hydrogens is 721 g/mol. The average Bonchev–Trinajstić information content (AvgIpc) is 3.81. The van der Waals surface area contributed by atoms with Crippen molar-refractivity contribution in [3.63, 3.8) is 0 Å². The number of nitrogens with zero attached hydrogens (tertiary/aromatic N) is 5.